The zero-order valence-corrected chi connectivity index (χ0v) is 11.9. The zero-order chi connectivity index (χ0) is 12.8. The van der Waals surface area contributed by atoms with Gasteiger partial charge in [0, 0.05) is 4.47 Å². The monoisotopic (exact) mass is 298 g/mol. The van der Waals surface area contributed by atoms with Gasteiger partial charge in [-0.25, -0.2) is 0 Å². The molecule has 0 saturated heterocycles. The molecule has 1 unspecified atom stereocenters. The number of carbonyl (C=O) groups is 1. The highest BCUT2D eigenvalue weighted by molar-refractivity contribution is 9.10. The number of carboxylic acid groups (broad SMARTS) is 1. The van der Waals surface area contributed by atoms with Crippen LogP contribution in [0.1, 0.15) is 44.6 Å². The highest BCUT2D eigenvalue weighted by Gasteiger charge is 2.19. The fourth-order valence-corrected chi connectivity index (χ4v) is 2.30. The third-order valence-electron chi connectivity index (χ3n) is 2.82. The van der Waals surface area contributed by atoms with Gasteiger partial charge in [-0.3, -0.25) is 4.79 Å². The van der Waals surface area contributed by atoms with Crippen LogP contribution in [0.25, 0.3) is 0 Å². The molecule has 0 aromatic heterocycles. The Morgan fingerprint density at radius 1 is 1.35 bits per heavy atom. The van der Waals surface area contributed by atoms with Gasteiger partial charge in [-0.05, 0) is 30.0 Å². The predicted molar refractivity (Wildman–Crippen MR) is 73.2 cm³/mol. The zero-order valence-electron chi connectivity index (χ0n) is 10.3. The molecule has 1 atom stereocenters. The van der Waals surface area contributed by atoms with Gasteiger partial charge in [0.25, 0.3) is 0 Å². The fraction of sp³-hybridized carbons (Fsp3) is 0.500. The second kappa shape index (κ2) is 6.80. The van der Waals surface area contributed by atoms with Crippen LogP contribution in [0.15, 0.2) is 28.7 Å². The molecule has 0 radical (unpaired) electrons. The molecule has 2 nitrogen and oxygen atoms in total. The van der Waals surface area contributed by atoms with Crippen molar-refractivity contribution in [1.29, 1.82) is 0 Å². The minimum absolute atomic E-state index is 0.383. The van der Waals surface area contributed by atoms with E-state index in [1.165, 1.54) is 0 Å². The lowest BCUT2D eigenvalue weighted by atomic mass is 9.92. The molecule has 0 saturated carbocycles. The quantitative estimate of drug-likeness (QED) is 0.843. The standard InChI is InChI=1S/C14H19BrO2/c1-10(2)5-3-8-13(14(16)17)11-6-4-7-12(15)9-11/h4,6-7,9-10,13H,3,5,8H2,1-2H3,(H,16,17). The molecule has 1 aromatic carbocycles. The predicted octanol–water partition coefficient (Wildman–Crippen LogP) is 4.44. The van der Waals surface area contributed by atoms with E-state index in [0.29, 0.717) is 12.3 Å². The average molecular weight is 299 g/mol. The lowest BCUT2D eigenvalue weighted by Gasteiger charge is -2.13. The summed E-state index contributed by atoms with van der Waals surface area (Å²) in [7, 11) is 0. The Bertz CT molecular complexity index is 374. The summed E-state index contributed by atoms with van der Waals surface area (Å²) in [4.78, 5) is 11.3. The Labute approximate surface area is 111 Å². The molecular formula is C14H19BrO2. The molecule has 0 spiro atoms. The molecule has 1 N–H and O–H groups in total. The van der Waals surface area contributed by atoms with E-state index in [4.69, 9.17) is 0 Å². The van der Waals surface area contributed by atoms with Crippen LogP contribution in [0.5, 0.6) is 0 Å². The number of hydrogen-bond acceptors (Lipinski definition) is 1. The van der Waals surface area contributed by atoms with E-state index in [2.05, 4.69) is 29.8 Å². The van der Waals surface area contributed by atoms with Crippen LogP contribution in [-0.4, -0.2) is 11.1 Å². The number of rotatable bonds is 6. The van der Waals surface area contributed by atoms with Crippen molar-refractivity contribution in [3.05, 3.63) is 34.3 Å². The summed E-state index contributed by atoms with van der Waals surface area (Å²) in [5, 5.41) is 9.27. The maximum Gasteiger partial charge on any atom is 0.310 e. The van der Waals surface area contributed by atoms with Gasteiger partial charge in [-0.15, -0.1) is 0 Å². The van der Waals surface area contributed by atoms with Crippen molar-refractivity contribution in [3.8, 4) is 0 Å². The molecule has 0 aliphatic carbocycles. The first kappa shape index (κ1) is 14.2. The van der Waals surface area contributed by atoms with Gasteiger partial charge in [0.1, 0.15) is 0 Å². The first-order chi connectivity index (χ1) is 8.00. The minimum atomic E-state index is -0.730. The van der Waals surface area contributed by atoms with Crippen molar-refractivity contribution in [3.63, 3.8) is 0 Å². The Morgan fingerprint density at radius 2 is 2.06 bits per heavy atom. The van der Waals surface area contributed by atoms with Crippen LogP contribution in [0.3, 0.4) is 0 Å². The third kappa shape index (κ3) is 4.90. The van der Waals surface area contributed by atoms with Gasteiger partial charge < -0.3 is 5.11 Å². The summed E-state index contributed by atoms with van der Waals surface area (Å²) >= 11 is 3.38. The first-order valence-corrected chi connectivity index (χ1v) is 6.78. The lowest BCUT2D eigenvalue weighted by Crippen LogP contribution is -2.12. The van der Waals surface area contributed by atoms with E-state index in [9.17, 15) is 9.90 Å². The second-order valence-corrected chi connectivity index (χ2v) is 5.69. The number of hydrogen-bond donors (Lipinski definition) is 1. The second-order valence-electron chi connectivity index (χ2n) is 4.77. The molecule has 1 aromatic rings. The molecule has 0 heterocycles. The third-order valence-corrected chi connectivity index (χ3v) is 3.32. The van der Waals surface area contributed by atoms with Crippen LogP contribution in [0.2, 0.25) is 0 Å². The molecule has 3 heteroatoms. The summed E-state index contributed by atoms with van der Waals surface area (Å²) in [5.41, 5.74) is 0.885. The number of halogens is 1. The van der Waals surface area contributed by atoms with Crippen molar-refractivity contribution in [1.82, 2.24) is 0 Å². The summed E-state index contributed by atoms with van der Waals surface area (Å²) in [6.45, 7) is 4.32. The van der Waals surface area contributed by atoms with Crippen molar-refractivity contribution in [2.24, 2.45) is 5.92 Å². The van der Waals surface area contributed by atoms with Gasteiger partial charge >= 0.3 is 5.97 Å². The molecule has 0 aliphatic rings. The Morgan fingerprint density at radius 3 is 2.59 bits per heavy atom. The van der Waals surface area contributed by atoms with E-state index in [-0.39, 0.29) is 5.92 Å². The Hall–Kier alpha value is -0.830. The summed E-state index contributed by atoms with van der Waals surface area (Å²) < 4.78 is 0.935. The van der Waals surface area contributed by atoms with Crippen molar-refractivity contribution in [2.75, 3.05) is 0 Å². The van der Waals surface area contributed by atoms with Crippen molar-refractivity contribution in [2.45, 2.75) is 39.0 Å². The Balaban J connectivity index is 2.69. The largest absolute Gasteiger partial charge is 0.481 e. The van der Waals surface area contributed by atoms with Crippen LogP contribution in [0.4, 0.5) is 0 Å². The van der Waals surface area contributed by atoms with Crippen molar-refractivity contribution < 1.29 is 9.90 Å². The summed E-state index contributed by atoms with van der Waals surface area (Å²) in [5.74, 6) is -0.481. The number of benzene rings is 1. The van der Waals surface area contributed by atoms with Gasteiger partial charge in [-0.1, -0.05) is 54.8 Å². The van der Waals surface area contributed by atoms with Crippen LogP contribution < -0.4 is 0 Å². The molecular weight excluding hydrogens is 280 g/mol. The smallest absolute Gasteiger partial charge is 0.310 e. The fourth-order valence-electron chi connectivity index (χ4n) is 1.89. The minimum Gasteiger partial charge on any atom is -0.481 e. The number of carboxylic acids is 1. The van der Waals surface area contributed by atoms with E-state index < -0.39 is 5.97 Å². The number of aliphatic carboxylic acids is 1. The van der Waals surface area contributed by atoms with E-state index in [0.717, 1.165) is 22.9 Å². The molecule has 0 fully saturated rings. The van der Waals surface area contributed by atoms with E-state index >= 15 is 0 Å². The van der Waals surface area contributed by atoms with Crippen LogP contribution in [0, 0.1) is 5.92 Å². The van der Waals surface area contributed by atoms with Crippen molar-refractivity contribution >= 4 is 21.9 Å². The van der Waals surface area contributed by atoms with Crippen LogP contribution >= 0.6 is 15.9 Å². The summed E-state index contributed by atoms with van der Waals surface area (Å²) in [6.07, 6.45) is 2.75. The molecule has 1 rings (SSSR count). The SMILES string of the molecule is CC(C)CCCC(C(=O)O)c1cccc(Br)c1. The van der Waals surface area contributed by atoms with Gasteiger partial charge in [0.2, 0.25) is 0 Å². The van der Waals surface area contributed by atoms with E-state index in [1.807, 2.05) is 24.3 Å². The lowest BCUT2D eigenvalue weighted by molar-refractivity contribution is -0.139. The van der Waals surface area contributed by atoms with Gasteiger partial charge in [0.15, 0.2) is 0 Å². The highest BCUT2D eigenvalue weighted by atomic mass is 79.9. The Kier molecular flexibility index (Phi) is 5.69. The summed E-state index contributed by atoms with van der Waals surface area (Å²) in [6, 6.07) is 7.58. The molecule has 0 amide bonds. The highest BCUT2D eigenvalue weighted by Crippen LogP contribution is 2.25. The maximum absolute atomic E-state index is 11.3. The molecule has 17 heavy (non-hydrogen) atoms. The van der Waals surface area contributed by atoms with Gasteiger partial charge in [-0.2, -0.15) is 0 Å². The average Bonchev–Trinajstić information content (AvgIpc) is 2.23. The molecule has 0 aliphatic heterocycles. The normalized spacial score (nSPS) is 12.7. The molecule has 0 bridgehead atoms. The molecule has 94 valence electrons. The van der Waals surface area contributed by atoms with E-state index in [1.54, 1.807) is 0 Å². The first-order valence-electron chi connectivity index (χ1n) is 5.99. The van der Waals surface area contributed by atoms with Crippen LogP contribution in [-0.2, 0) is 4.79 Å². The van der Waals surface area contributed by atoms with Gasteiger partial charge in [0.05, 0.1) is 5.92 Å². The topological polar surface area (TPSA) is 37.3 Å². The maximum atomic E-state index is 11.3.